The fourth-order valence-electron chi connectivity index (χ4n) is 1.21. The highest BCUT2D eigenvalue weighted by Gasteiger charge is 1.96. The van der Waals surface area contributed by atoms with E-state index in [1.165, 1.54) is 9.79 Å². The van der Waals surface area contributed by atoms with Crippen LogP contribution < -0.4 is 11.5 Å². The quantitative estimate of drug-likeness (QED) is 0.787. The van der Waals surface area contributed by atoms with Crippen LogP contribution in [0.1, 0.15) is 13.8 Å². The molecule has 0 atom stereocenters. The molecule has 2 rings (SSSR count). The Balaban J connectivity index is 0.000000686. The van der Waals surface area contributed by atoms with Crippen molar-refractivity contribution in [2.45, 2.75) is 23.6 Å². The number of nitrogens with two attached hydrogens (primary N) is 2. The van der Waals surface area contributed by atoms with Gasteiger partial charge in [0.25, 0.3) is 0 Å². The highest BCUT2D eigenvalue weighted by molar-refractivity contribution is 7.99. The highest BCUT2D eigenvalue weighted by atomic mass is 32.2. The van der Waals surface area contributed by atoms with Gasteiger partial charge in [-0.15, -0.1) is 0 Å². The fourth-order valence-corrected chi connectivity index (χ4v) is 2.02. The number of rotatable bonds is 2. The van der Waals surface area contributed by atoms with E-state index >= 15 is 0 Å². The summed E-state index contributed by atoms with van der Waals surface area (Å²) < 4.78 is 0. The molecule has 2 aromatic carbocycles. The molecule has 0 saturated heterocycles. The molecular weight excluding hydrogens is 228 g/mol. The lowest BCUT2D eigenvalue weighted by atomic mass is 10.3. The summed E-state index contributed by atoms with van der Waals surface area (Å²) in [5.41, 5.74) is 12.8. The van der Waals surface area contributed by atoms with Crippen molar-refractivity contribution < 1.29 is 0 Å². The summed E-state index contributed by atoms with van der Waals surface area (Å²) in [6.07, 6.45) is 0. The van der Waals surface area contributed by atoms with Crippen molar-refractivity contribution in [3.05, 3.63) is 48.5 Å². The summed E-state index contributed by atoms with van der Waals surface area (Å²) in [4.78, 5) is 2.35. The Morgan fingerprint density at radius 1 is 0.647 bits per heavy atom. The third-order valence-electron chi connectivity index (χ3n) is 2.00. The van der Waals surface area contributed by atoms with Crippen LogP contribution in [0.15, 0.2) is 58.3 Å². The van der Waals surface area contributed by atoms with Crippen LogP contribution in [0.4, 0.5) is 11.4 Å². The van der Waals surface area contributed by atoms with E-state index in [9.17, 15) is 0 Å². The lowest BCUT2D eigenvalue weighted by Crippen LogP contribution is -1.83. The molecule has 0 radical (unpaired) electrons. The van der Waals surface area contributed by atoms with Crippen molar-refractivity contribution in [3.8, 4) is 0 Å². The predicted octanol–water partition coefficient (Wildman–Crippen LogP) is 4.03. The van der Waals surface area contributed by atoms with Crippen LogP contribution >= 0.6 is 11.8 Å². The topological polar surface area (TPSA) is 52.0 Å². The first-order chi connectivity index (χ1) is 8.24. The third kappa shape index (κ3) is 4.41. The number of anilines is 2. The van der Waals surface area contributed by atoms with E-state index in [-0.39, 0.29) is 0 Å². The Morgan fingerprint density at radius 3 is 1.24 bits per heavy atom. The molecule has 4 N–H and O–H groups in total. The van der Waals surface area contributed by atoms with Gasteiger partial charge in [0.15, 0.2) is 0 Å². The average molecular weight is 246 g/mol. The molecule has 2 aromatic rings. The Labute approximate surface area is 107 Å². The smallest absolute Gasteiger partial charge is 0.0314 e. The van der Waals surface area contributed by atoms with E-state index in [0.29, 0.717) is 0 Å². The van der Waals surface area contributed by atoms with E-state index in [2.05, 4.69) is 0 Å². The maximum absolute atomic E-state index is 5.61. The molecule has 0 amide bonds. The molecule has 3 heteroatoms. The average Bonchev–Trinajstić information content (AvgIpc) is 2.37. The van der Waals surface area contributed by atoms with Crippen molar-refractivity contribution in [1.82, 2.24) is 0 Å². The van der Waals surface area contributed by atoms with E-state index in [1.54, 1.807) is 11.8 Å². The van der Waals surface area contributed by atoms with Crippen LogP contribution in [-0.4, -0.2) is 0 Å². The molecule has 0 unspecified atom stereocenters. The van der Waals surface area contributed by atoms with Gasteiger partial charge in [-0.05, 0) is 48.5 Å². The molecule has 0 aromatic heterocycles. The standard InChI is InChI=1S/C12H12N2S.C2H6/c13-9-1-5-11(6-2-9)15-12-7-3-10(14)4-8-12;1-2/h1-8H,13-14H2;1-2H3. The Bertz CT molecular complexity index is 391. The fraction of sp³-hybridized carbons (Fsp3) is 0.143. The second kappa shape index (κ2) is 6.86. The van der Waals surface area contributed by atoms with Gasteiger partial charge in [0.1, 0.15) is 0 Å². The summed E-state index contributed by atoms with van der Waals surface area (Å²) >= 11 is 1.69. The molecule has 2 nitrogen and oxygen atoms in total. The van der Waals surface area contributed by atoms with Crippen LogP contribution in [-0.2, 0) is 0 Å². The number of hydrogen-bond donors (Lipinski definition) is 2. The highest BCUT2D eigenvalue weighted by Crippen LogP contribution is 2.28. The molecule has 90 valence electrons. The van der Waals surface area contributed by atoms with Crippen molar-refractivity contribution in [2.24, 2.45) is 0 Å². The maximum Gasteiger partial charge on any atom is 0.0314 e. The Hall–Kier alpha value is -1.61. The van der Waals surface area contributed by atoms with Crippen LogP contribution in [0.25, 0.3) is 0 Å². The van der Waals surface area contributed by atoms with E-state index in [0.717, 1.165) is 11.4 Å². The lowest BCUT2D eigenvalue weighted by Gasteiger charge is -2.02. The van der Waals surface area contributed by atoms with Gasteiger partial charge in [-0.25, -0.2) is 0 Å². The van der Waals surface area contributed by atoms with Gasteiger partial charge < -0.3 is 11.5 Å². The van der Waals surface area contributed by atoms with Gasteiger partial charge in [-0.2, -0.15) is 0 Å². The van der Waals surface area contributed by atoms with Crippen LogP contribution in [0, 0.1) is 0 Å². The minimum atomic E-state index is 0.789. The number of nitrogen functional groups attached to an aromatic ring is 2. The lowest BCUT2D eigenvalue weighted by molar-refractivity contribution is 1.41. The molecule has 0 aliphatic carbocycles. The molecule has 17 heavy (non-hydrogen) atoms. The summed E-state index contributed by atoms with van der Waals surface area (Å²) in [7, 11) is 0. The summed E-state index contributed by atoms with van der Waals surface area (Å²) in [5, 5.41) is 0. The molecular formula is C14H18N2S. The Kier molecular flexibility index (Phi) is 5.43. The third-order valence-corrected chi connectivity index (χ3v) is 3.01. The monoisotopic (exact) mass is 246 g/mol. The van der Waals surface area contributed by atoms with E-state index < -0.39 is 0 Å². The molecule has 0 aliphatic heterocycles. The molecule has 0 bridgehead atoms. The van der Waals surface area contributed by atoms with Crippen molar-refractivity contribution >= 4 is 23.1 Å². The van der Waals surface area contributed by atoms with Crippen LogP contribution in [0.5, 0.6) is 0 Å². The van der Waals surface area contributed by atoms with Gasteiger partial charge in [-0.3, -0.25) is 0 Å². The normalized spacial score (nSPS) is 9.29. The summed E-state index contributed by atoms with van der Waals surface area (Å²) in [5.74, 6) is 0. The first-order valence-electron chi connectivity index (χ1n) is 5.63. The SMILES string of the molecule is CC.Nc1ccc(Sc2ccc(N)cc2)cc1. The summed E-state index contributed by atoms with van der Waals surface area (Å²) in [6.45, 7) is 4.00. The summed E-state index contributed by atoms with van der Waals surface area (Å²) in [6, 6.07) is 15.7. The van der Waals surface area contributed by atoms with Crippen molar-refractivity contribution in [1.29, 1.82) is 0 Å². The minimum Gasteiger partial charge on any atom is -0.399 e. The van der Waals surface area contributed by atoms with Crippen LogP contribution in [0.3, 0.4) is 0 Å². The van der Waals surface area contributed by atoms with E-state index in [4.69, 9.17) is 11.5 Å². The van der Waals surface area contributed by atoms with Crippen molar-refractivity contribution in [2.75, 3.05) is 11.5 Å². The first kappa shape index (κ1) is 13.5. The number of hydrogen-bond acceptors (Lipinski definition) is 3. The maximum atomic E-state index is 5.61. The minimum absolute atomic E-state index is 0.789. The zero-order valence-electron chi connectivity index (χ0n) is 10.2. The van der Waals surface area contributed by atoms with Gasteiger partial charge in [0.2, 0.25) is 0 Å². The molecule has 0 heterocycles. The molecule has 0 aliphatic rings. The van der Waals surface area contributed by atoms with Crippen molar-refractivity contribution in [3.63, 3.8) is 0 Å². The van der Waals surface area contributed by atoms with Crippen LogP contribution in [0.2, 0.25) is 0 Å². The predicted molar refractivity (Wildman–Crippen MR) is 77.2 cm³/mol. The second-order valence-electron chi connectivity index (χ2n) is 3.24. The first-order valence-corrected chi connectivity index (χ1v) is 6.44. The Morgan fingerprint density at radius 2 is 0.941 bits per heavy atom. The largest absolute Gasteiger partial charge is 0.399 e. The van der Waals surface area contributed by atoms with Gasteiger partial charge in [-0.1, -0.05) is 25.6 Å². The molecule has 0 saturated carbocycles. The van der Waals surface area contributed by atoms with Gasteiger partial charge in [0.05, 0.1) is 0 Å². The molecule has 0 fully saturated rings. The second-order valence-corrected chi connectivity index (χ2v) is 4.39. The zero-order valence-corrected chi connectivity index (χ0v) is 11.0. The zero-order chi connectivity index (χ0) is 12.7. The van der Waals surface area contributed by atoms with E-state index in [1.807, 2.05) is 62.4 Å². The molecule has 0 spiro atoms. The van der Waals surface area contributed by atoms with Gasteiger partial charge >= 0.3 is 0 Å². The number of benzene rings is 2. The van der Waals surface area contributed by atoms with Gasteiger partial charge in [0, 0.05) is 21.2 Å².